The molecule has 0 aromatic rings. The number of morpholine rings is 1. The van der Waals surface area contributed by atoms with E-state index in [-0.39, 0.29) is 0 Å². The molecule has 2 fully saturated rings. The Balaban J connectivity index is 1.58. The molecule has 2 rings (SSSR count). The number of piperidine rings is 1. The van der Waals surface area contributed by atoms with E-state index in [2.05, 4.69) is 16.7 Å². The fourth-order valence-corrected chi connectivity index (χ4v) is 3.60. The van der Waals surface area contributed by atoms with E-state index in [4.69, 9.17) is 4.74 Å². The molecule has 0 saturated carbocycles. The summed E-state index contributed by atoms with van der Waals surface area (Å²) in [6, 6.07) is 0.445. The first-order chi connectivity index (χ1) is 9.27. The Hall–Kier alpha value is -0.260. The molecule has 5 heteroatoms. The summed E-state index contributed by atoms with van der Waals surface area (Å²) in [5, 5.41) is 0. The van der Waals surface area contributed by atoms with Gasteiger partial charge in [-0.15, -0.1) is 0 Å². The van der Waals surface area contributed by atoms with E-state index < -0.39 is 0 Å². The van der Waals surface area contributed by atoms with Crippen molar-refractivity contribution in [2.24, 2.45) is 0 Å². The van der Waals surface area contributed by atoms with Crippen LogP contribution < -0.4 is 0 Å². The molecule has 19 heavy (non-hydrogen) atoms. The molecule has 1 atom stereocenters. The van der Waals surface area contributed by atoms with Crippen LogP contribution in [0.1, 0.15) is 26.2 Å². The molecule has 110 valence electrons. The number of carbonyl (C=O) groups is 1. The van der Waals surface area contributed by atoms with Gasteiger partial charge in [0.25, 0.3) is 0 Å². The van der Waals surface area contributed by atoms with Gasteiger partial charge in [0.2, 0.25) is 5.91 Å². The van der Waals surface area contributed by atoms with Crippen LogP contribution >= 0.6 is 11.8 Å². The van der Waals surface area contributed by atoms with Crippen LogP contribution in [0.2, 0.25) is 0 Å². The summed E-state index contributed by atoms with van der Waals surface area (Å²) in [6.07, 6.45) is 3.62. The second kappa shape index (κ2) is 8.12. The Bertz CT molecular complexity index is 283. The van der Waals surface area contributed by atoms with Crippen molar-refractivity contribution in [2.75, 3.05) is 50.9 Å². The van der Waals surface area contributed by atoms with E-state index in [1.807, 2.05) is 0 Å². The largest absolute Gasteiger partial charge is 0.379 e. The smallest absolute Gasteiger partial charge is 0.232 e. The highest BCUT2D eigenvalue weighted by molar-refractivity contribution is 7.99. The molecule has 0 aromatic heterocycles. The number of rotatable bonds is 5. The molecule has 0 spiro atoms. The van der Waals surface area contributed by atoms with Gasteiger partial charge in [-0.25, -0.2) is 0 Å². The first-order valence-electron chi connectivity index (χ1n) is 7.44. The van der Waals surface area contributed by atoms with Crippen molar-refractivity contribution in [1.82, 2.24) is 9.80 Å². The minimum atomic E-state index is 0.333. The number of thioether (sulfide) groups is 1. The van der Waals surface area contributed by atoms with Crippen molar-refractivity contribution in [2.45, 2.75) is 32.2 Å². The van der Waals surface area contributed by atoms with Crippen LogP contribution in [-0.2, 0) is 9.53 Å². The van der Waals surface area contributed by atoms with Crippen molar-refractivity contribution < 1.29 is 9.53 Å². The third-order valence-corrected chi connectivity index (χ3v) is 4.93. The molecule has 1 unspecified atom stereocenters. The highest BCUT2D eigenvalue weighted by Crippen LogP contribution is 2.17. The van der Waals surface area contributed by atoms with Crippen LogP contribution in [0.15, 0.2) is 0 Å². The van der Waals surface area contributed by atoms with Crippen LogP contribution in [0.25, 0.3) is 0 Å². The van der Waals surface area contributed by atoms with E-state index >= 15 is 0 Å². The second-order valence-corrected chi connectivity index (χ2v) is 6.54. The minimum Gasteiger partial charge on any atom is -0.379 e. The van der Waals surface area contributed by atoms with Crippen molar-refractivity contribution in [3.05, 3.63) is 0 Å². The molecule has 4 nitrogen and oxygen atoms in total. The lowest BCUT2D eigenvalue weighted by molar-refractivity contribution is -0.131. The minimum absolute atomic E-state index is 0.333. The Morgan fingerprint density at radius 2 is 2.05 bits per heavy atom. The third-order valence-electron chi connectivity index (χ3n) is 4.00. The van der Waals surface area contributed by atoms with Crippen LogP contribution in [0.4, 0.5) is 0 Å². The maximum atomic E-state index is 12.1. The molecule has 2 saturated heterocycles. The van der Waals surface area contributed by atoms with Gasteiger partial charge >= 0.3 is 0 Å². The monoisotopic (exact) mass is 286 g/mol. The number of hydrogen-bond donors (Lipinski definition) is 0. The lowest BCUT2D eigenvalue weighted by atomic mass is 10.0. The van der Waals surface area contributed by atoms with Crippen LogP contribution in [0.3, 0.4) is 0 Å². The maximum absolute atomic E-state index is 12.1. The fourth-order valence-electron chi connectivity index (χ4n) is 2.73. The average molecular weight is 286 g/mol. The molecular formula is C14H26N2O2S. The summed E-state index contributed by atoms with van der Waals surface area (Å²) in [4.78, 5) is 16.6. The van der Waals surface area contributed by atoms with Gasteiger partial charge in [-0.1, -0.05) is 0 Å². The maximum Gasteiger partial charge on any atom is 0.232 e. The summed E-state index contributed by atoms with van der Waals surface area (Å²) in [6.45, 7) is 8.01. The first kappa shape index (κ1) is 15.1. The predicted molar refractivity (Wildman–Crippen MR) is 79.6 cm³/mol. The van der Waals surface area contributed by atoms with Gasteiger partial charge in [-0.05, 0) is 26.2 Å². The van der Waals surface area contributed by atoms with Crippen molar-refractivity contribution in [1.29, 1.82) is 0 Å². The Morgan fingerprint density at radius 1 is 1.26 bits per heavy atom. The Morgan fingerprint density at radius 3 is 2.79 bits per heavy atom. The second-order valence-electron chi connectivity index (χ2n) is 5.44. The van der Waals surface area contributed by atoms with Crippen molar-refractivity contribution >= 4 is 17.7 Å². The summed E-state index contributed by atoms with van der Waals surface area (Å²) in [7, 11) is 0. The highest BCUT2D eigenvalue weighted by Gasteiger charge is 2.22. The molecule has 0 N–H and O–H groups in total. The van der Waals surface area contributed by atoms with Gasteiger partial charge < -0.3 is 9.64 Å². The zero-order valence-electron chi connectivity index (χ0n) is 12.0. The summed E-state index contributed by atoms with van der Waals surface area (Å²) >= 11 is 1.78. The van der Waals surface area contributed by atoms with Crippen LogP contribution in [0.5, 0.6) is 0 Å². The average Bonchev–Trinajstić information content (AvgIpc) is 2.45. The summed E-state index contributed by atoms with van der Waals surface area (Å²) < 4.78 is 5.33. The predicted octanol–water partition coefficient (Wildman–Crippen LogP) is 1.45. The third kappa shape index (κ3) is 4.97. The van der Waals surface area contributed by atoms with Gasteiger partial charge in [0.15, 0.2) is 0 Å². The molecule has 0 bridgehead atoms. The molecule has 0 radical (unpaired) electrons. The Labute approximate surface area is 120 Å². The van der Waals surface area contributed by atoms with Crippen molar-refractivity contribution in [3.8, 4) is 0 Å². The number of ether oxygens (including phenoxy) is 1. The van der Waals surface area contributed by atoms with Gasteiger partial charge in [0, 0.05) is 38.0 Å². The number of carbonyl (C=O) groups excluding carboxylic acids is 1. The molecule has 0 aliphatic carbocycles. The van der Waals surface area contributed by atoms with Crippen LogP contribution in [-0.4, -0.2) is 72.6 Å². The molecule has 1 amide bonds. The van der Waals surface area contributed by atoms with Gasteiger partial charge in [-0.2, -0.15) is 11.8 Å². The quantitative estimate of drug-likeness (QED) is 0.716. The number of amides is 1. The van der Waals surface area contributed by atoms with E-state index in [0.717, 1.165) is 45.1 Å². The van der Waals surface area contributed by atoms with E-state index in [9.17, 15) is 4.79 Å². The summed E-state index contributed by atoms with van der Waals surface area (Å²) in [5.41, 5.74) is 0. The topological polar surface area (TPSA) is 32.8 Å². The molecule has 2 heterocycles. The molecule has 2 aliphatic rings. The summed E-state index contributed by atoms with van der Waals surface area (Å²) in [5.74, 6) is 2.03. The number of likely N-dealkylation sites (tertiary alicyclic amines) is 1. The standard InChI is InChI=1S/C14H26N2O2S/c1-13-4-2-3-5-16(13)14(17)12-19-11-8-15-6-9-18-10-7-15/h13H,2-12H2,1H3. The number of hydrogen-bond acceptors (Lipinski definition) is 4. The Kier molecular flexibility index (Phi) is 6.47. The van der Waals surface area contributed by atoms with E-state index in [1.54, 1.807) is 11.8 Å². The first-order valence-corrected chi connectivity index (χ1v) is 8.60. The molecular weight excluding hydrogens is 260 g/mol. The lowest BCUT2D eigenvalue weighted by Gasteiger charge is -2.33. The van der Waals surface area contributed by atoms with Gasteiger partial charge in [0.05, 0.1) is 19.0 Å². The zero-order chi connectivity index (χ0) is 13.5. The van der Waals surface area contributed by atoms with E-state index in [1.165, 1.54) is 19.3 Å². The SMILES string of the molecule is CC1CCCCN1C(=O)CSCCN1CCOCC1. The lowest BCUT2D eigenvalue weighted by Crippen LogP contribution is -2.43. The van der Waals surface area contributed by atoms with Gasteiger partial charge in [-0.3, -0.25) is 9.69 Å². The van der Waals surface area contributed by atoms with Gasteiger partial charge in [0.1, 0.15) is 0 Å². The van der Waals surface area contributed by atoms with Crippen LogP contribution in [0, 0.1) is 0 Å². The molecule has 0 aromatic carbocycles. The number of nitrogens with zero attached hydrogens (tertiary/aromatic N) is 2. The normalized spacial score (nSPS) is 25.5. The molecule has 2 aliphatic heterocycles. The fraction of sp³-hybridized carbons (Fsp3) is 0.929. The van der Waals surface area contributed by atoms with E-state index in [0.29, 0.717) is 17.7 Å². The zero-order valence-corrected chi connectivity index (χ0v) is 12.8. The van der Waals surface area contributed by atoms with Crippen molar-refractivity contribution in [3.63, 3.8) is 0 Å². The highest BCUT2D eigenvalue weighted by atomic mass is 32.2.